The largest absolute Gasteiger partial charge is 0.456 e. The second-order valence-electron chi connectivity index (χ2n) is 16.0. The lowest BCUT2D eigenvalue weighted by Gasteiger charge is -2.18. The van der Waals surface area contributed by atoms with E-state index in [2.05, 4.69) is 206 Å². The molecule has 0 aliphatic heterocycles. The molecule has 2 aromatic heterocycles. The molecular formula is C58H34O2. The number of benzene rings is 11. The average Bonchev–Trinajstić information content (AvgIpc) is 3.85. The van der Waals surface area contributed by atoms with Crippen LogP contribution in [-0.2, 0) is 0 Å². The van der Waals surface area contributed by atoms with Crippen LogP contribution in [0.25, 0.3) is 131 Å². The van der Waals surface area contributed by atoms with E-state index in [0.717, 1.165) is 66.1 Å². The van der Waals surface area contributed by atoms with Crippen LogP contribution in [0.3, 0.4) is 0 Å². The van der Waals surface area contributed by atoms with Crippen molar-refractivity contribution in [3.05, 3.63) is 206 Å². The van der Waals surface area contributed by atoms with Gasteiger partial charge >= 0.3 is 0 Å². The van der Waals surface area contributed by atoms with Crippen LogP contribution in [0.4, 0.5) is 0 Å². The zero-order chi connectivity index (χ0) is 39.3. The summed E-state index contributed by atoms with van der Waals surface area (Å²) in [4.78, 5) is 0. The highest BCUT2D eigenvalue weighted by atomic mass is 16.3. The van der Waals surface area contributed by atoms with Crippen LogP contribution >= 0.6 is 0 Å². The highest BCUT2D eigenvalue weighted by Crippen LogP contribution is 2.45. The monoisotopic (exact) mass is 762 g/mol. The normalized spacial score (nSPS) is 12.0. The molecule has 2 heteroatoms. The van der Waals surface area contributed by atoms with Crippen molar-refractivity contribution in [2.45, 2.75) is 0 Å². The van der Waals surface area contributed by atoms with Crippen LogP contribution in [0.5, 0.6) is 0 Å². The number of furan rings is 2. The number of fused-ring (bicyclic) bond motifs is 10. The molecule has 278 valence electrons. The first-order valence-corrected chi connectivity index (χ1v) is 20.6. The van der Waals surface area contributed by atoms with Gasteiger partial charge in [-0.3, -0.25) is 0 Å². The molecule has 0 spiro atoms. The molecule has 0 N–H and O–H groups in total. The Bertz CT molecular complexity index is 3550. The Morgan fingerprint density at radius 1 is 0.200 bits per heavy atom. The number of rotatable bonds is 4. The fraction of sp³-hybridized carbons (Fsp3) is 0. The molecule has 13 rings (SSSR count). The Morgan fingerprint density at radius 2 is 0.500 bits per heavy atom. The maximum Gasteiger partial charge on any atom is 0.136 e. The Hall–Kier alpha value is -7.94. The lowest BCUT2D eigenvalue weighted by molar-refractivity contribution is 0.669. The van der Waals surface area contributed by atoms with Crippen LogP contribution in [0, 0.1) is 0 Å². The van der Waals surface area contributed by atoms with Gasteiger partial charge in [-0.25, -0.2) is 0 Å². The van der Waals surface area contributed by atoms with Crippen LogP contribution < -0.4 is 0 Å². The van der Waals surface area contributed by atoms with Gasteiger partial charge in [-0.05, 0) is 136 Å². The van der Waals surface area contributed by atoms with Crippen molar-refractivity contribution in [1.29, 1.82) is 0 Å². The predicted molar refractivity (Wildman–Crippen MR) is 253 cm³/mol. The van der Waals surface area contributed by atoms with E-state index in [9.17, 15) is 0 Å². The molecule has 11 aromatic carbocycles. The first-order chi connectivity index (χ1) is 29.7. The smallest absolute Gasteiger partial charge is 0.136 e. The summed E-state index contributed by atoms with van der Waals surface area (Å²) in [5.41, 5.74) is 13.1. The van der Waals surface area contributed by atoms with E-state index < -0.39 is 0 Å². The highest BCUT2D eigenvalue weighted by Gasteiger charge is 2.18. The fourth-order valence-corrected chi connectivity index (χ4v) is 9.69. The fourth-order valence-electron chi connectivity index (χ4n) is 9.69. The zero-order valence-corrected chi connectivity index (χ0v) is 32.4. The summed E-state index contributed by atoms with van der Waals surface area (Å²) < 4.78 is 12.8. The minimum atomic E-state index is 0.906. The van der Waals surface area contributed by atoms with E-state index >= 15 is 0 Å². The molecule has 0 amide bonds. The first kappa shape index (κ1) is 33.1. The van der Waals surface area contributed by atoms with E-state index in [1.54, 1.807) is 0 Å². The lowest BCUT2D eigenvalue weighted by atomic mass is 9.85. The topological polar surface area (TPSA) is 26.3 Å². The molecule has 0 aliphatic carbocycles. The van der Waals surface area contributed by atoms with E-state index in [1.807, 2.05) is 0 Å². The van der Waals surface area contributed by atoms with Gasteiger partial charge in [-0.15, -0.1) is 0 Å². The molecule has 0 fully saturated rings. The summed E-state index contributed by atoms with van der Waals surface area (Å²) in [5.74, 6) is 0. The van der Waals surface area contributed by atoms with Gasteiger partial charge < -0.3 is 8.83 Å². The first-order valence-electron chi connectivity index (χ1n) is 20.6. The Balaban J connectivity index is 0.874. The average molecular weight is 763 g/mol. The van der Waals surface area contributed by atoms with Gasteiger partial charge in [-0.1, -0.05) is 158 Å². The van der Waals surface area contributed by atoms with Gasteiger partial charge in [0.15, 0.2) is 0 Å². The molecule has 0 radical (unpaired) electrons. The number of hydrogen-bond acceptors (Lipinski definition) is 2. The van der Waals surface area contributed by atoms with Crippen molar-refractivity contribution in [2.24, 2.45) is 0 Å². The van der Waals surface area contributed by atoms with Gasteiger partial charge in [0.2, 0.25) is 0 Å². The second kappa shape index (κ2) is 12.8. The van der Waals surface area contributed by atoms with Crippen molar-refractivity contribution in [3.8, 4) is 44.5 Å². The van der Waals surface area contributed by atoms with Crippen molar-refractivity contribution in [2.75, 3.05) is 0 Å². The Kier molecular flexibility index (Phi) is 7.05. The number of hydrogen-bond donors (Lipinski definition) is 0. The van der Waals surface area contributed by atoms with Gasteiger partial charge in [0, 0.05) is 21.5 Å². The van der Waals surface area contributed by atoms with Crippen LogP contribution in [0.2, 0.25) is 0 Å². The Morgan fingerprint density at radius 3 is 0.883 bits per heavy atom. The third-order valence-electron chi connectivity index (χ3n) is 12.6. The van der Waals surface area contributed by atoms with Crippen molar-refractivity contribution in [3.63, 3.8) is 0 Å². The third-order valence-corrected chi connectivity index (χ3v) is 12.6. The van der Waals surface area contributed by atoms with E-state index in [4.69, 9.17) is 8.83 Å². The molecule has 0 unspecified atom stereocenters. The summed E-state index contributed by atoms with van der Waals surface area (Å²) >= 11 is 0. The van der Waals surface area contributed by atoms with E-state index in [1.165, 1.54) is 65.3 Å². The van der Waals surface area contributed by atoms with Crippen molar-refractivity contribution in [1.82, 2.24) is 0 Å². The molecule has 0 saturated carbocycles. The predicted octanol–water partition coefficient (Wildman–Crippen LogP) is 16.8. The van der Waals surface area contributed by atoms with E-state index in [-0.39, 0.29) is 0 Å². The van der Waals surface area contributed by atoms with Gasteiger partial charge in [0.25, 0.3) is 0 Å². The summed E-state index contributed by atoms with van der Waals surface area (Å²) in [6.45, 7) is 0. The van der Waals surface area contributed by atoms with Crippen LogP contribution in [-0.4, -0.2) is 0 Å². The zero-order valence-electron chi connectivity index (χ0n) is 32.4. The minimum Gasteiger partial charge on any atom is -0.456 e. The second-order valence-corrected chi connectivity index (χ2v) is 16.0. The minimum absolute atomic E-state index is 0.906. The molecule has 2 heterocycles. The Labute approximate surface area is 345 Å². The summed E-state index contributed by atoms with van der Waals surface area (Å²) in [5, 5.41) is 14.4. The van der Waals surface area contributed by atoms with Crippen molar-refractivity contribution >= 4 is 87.0 Å². The molecular weight excluding hydrogens is 729 g/mol. The molecule has 0 saturated heterocycles. The van der Waals surface area contributed by atoms with Crippen molar-refractivity contribution < 1.29 is 8.83 Å². The molecule has 0 aliphatic rings. The molecule has 60 heavy (non-hydrogen) atoms. The van der Waals surface area contributed by atoms with Gasteiger partial charge in [-0.2, -0.15) is 0 Å². The standard InChI is InChI=1S/C58H34O2/c1-3-11-41-31-55-51(29-39(41)9-1)45-27-25-43(33-53(45)59-55)35-17-21-37(22-18-35)57-47-13-5-7-15-49(47)58(50-16-8-6-14-48(50)57)38-23-19-36(20-24-38)44-26-28-46-52-30-40-10-2-4-12-42(40)32-56(52)60-54(46)34-44/h1-34H. The van der Waals surface area contributed by atoms with Gasteiger partial charge in [0.1, 0.15) is 22.3 Å². The summed E-state index contributed by atoms with van der Waals surface area (Å²) in [6.07, 6.45) is 0. The quantitative estimate of drug-likeness (QED) is 0.167. The summed E-state index contributed by atoms with van der Waals surface area (Å²) in [6, 6.07) is 74.7. The van der Waals surface area contributed by atoms with Gasteiger partial charge in [0.05, 0.1) is 0 Å². The SMILES string of the molecule is c1ccc2cc3c(cc2c1)oc1cc(-c2ccc(-c4c5ccccc5c(-c5ccc(-c6ccc7c(c6)oc6cc8ccccc8cc67)cc5)c5ccccc45)cc2)ccc13. The lowest BCUT2D eigenvalue weighted by Crippen LogP contribution is -1.91. The molecule has 13 aromatic rings. The summed E-state index contributed by atoms with van der Waals surface area (Å²) in [7, 11) is 0. The maximum absolute atomic E-state index is 6.42. The highest BCUT2D eigenvalue weighted by molar-refractivity contribution is 6.21. The third kappa shape index (κ3) is 5.08. The van der Waals surface area contributed by atoms with Crippen LogP contribution in [0.15, 0.2) is 215 Å². The molecule has 0 atom stereocenters. The molecule has 0 bridgehead atoms. The maximum atomic E-state index is 6.42. The van der Waals surface area contributed by atoms with Crippen LogP contribution in [0.1, 0.15) is 0 Å². The van der Waals surface area contributed by atoms with E-state index in [0.29, 0.717) is 0 Å². The molecule has 2 nitrogen and oxygen atoms in total.